The minimum Gasteiger partial charge on any atom is -0.273 e. The number of anilines is 1. The largest absolute Gasteiger partial charge is 0.273 e. The number of hydrogen-bond donors (Lipinski definition) is 2. The summed E-state index contributed by atoms with van der Waals surface area (Å²) in [5.74, 6) is -1.79. The van der Waals surface area contributed by atoms with E-state index in [9.17, 15) is 17.6 Å². The van der Waals surface area contributed by atoms with E-state index in [0.29, 0.717) is 15.3 Å². The molecule has 0 aliphatic carbocycles. The molecule has 0 aliphatic heterocycles. The Morgan fingerprint density at radius 2 is 1.92 bits per heavy atom. The lowest BCUT2D eigenvalue weighted by atomic mass is 10.3. The molecular weight excluding hydrogens is 353 g/mol. The van der Waals surface area contributed by atoms with Crippen molar-refractivity contribution < 1.29 is 17.6 Å². The number of nitrogens with one attached hydrogen (secondary N) is 2. The number of fused-ring (bicyclic) bond motifs is 1. The first-order valence-electron chi connectivity index (χ1n) is 6.83. The van der Waals surface area contributed by atoms with Gasteiger partial charge in [-0.15, -0.1) is 0 Å². The first-order chi connectivity index (χ1) is 11.4. The van der Waals surface area contributed by atoms with Gasteiger partial charge >= 0.3 is 0 Å². The maximum absolute atomic E-state index is 13.1. The van der Waals surface area contributed by atoms with E-state index in [1.54, 1.807) is 18.2 Å². The van der Waals surface area contributed by atoms with Crippen molar-refractivity contribution in [3.05, 3.63) is 54.3 Å². The van der Waals surface area contributed by atoms with E-state index in [0.717, 1.165) is 11.3 Å². The number of hydrazine groups is 1. The predicted molar refractivity (Wildman–Crippen MR) is 89.8 cm³/mol. The minimum absolute atomic E-state index is 0.0793. The van der Waals surface area contributed by atoms with Gasteiger partial charge in [-0.05, 0) is 30.3 Å². The molecule has 124 valence electrons. The van der Waals surface area contributed by atoms with E-state index in [1.807, 2.05) is 0 Å². The van der Waals surface area contributed by atoms with Crippen molar-refractivity contribution in [2.75, 3.05) is 11.2 Å². The quantitative estimate of drug-likeness (QED) is 0.678. The monoisotopic (exact) mass is 365 g/mol. The summed E-state index contributed by atoms with van der Waals surface area (Å²) >= 11 is 1.14. The summed E-state index contributed by atoms with van der Waals surface area (Å²) < 4.78 is 37.9. The molecule has 2 N–H and O–H groups in total. The van der Waals surface area contributed by atoms with Gasteiger partial charge in [-0.2, -0.15) is 0 Å². The number of carbonyl (C=O) groups excluding carboxylic acids is 1. The van der Waals surface area contributed by atoms with Crippen LogP contribution in [0.15, 0.2) is 53.4 Å². The molecule has 2 aromatic carbocycles. The molecule has 24 heavy (non-hydrogen) atoms. The van der Waals surface area contributed by atoms with Gasteiger partial charge in [0.1, 0.15) is 11.6 Å². The maximum Gasteiger partial charge on any atom is 0.253 e. The highest BCUT2D eigenvalue weighted by atomic mass is 32.2. The predicted octanol–water partition coefficient (Wildman–Crippen LogP) is 2.35. The van der Waals surface area contributed by atoms with E-state index < -0.39 is 21.5 Å². The first kappa shape index (κ1) is 16.3. The van der Waals surface area contributed by atoms with Crippen LogP contribution >= 0.6 is 11.3 Å². The smallest absolute Gasteiger partial charge is 0.253 e. The molecule has 0 unspecified atom stereocenters. The van der Waals surface area contributed by atoms with Gasteiger partial charge in [-0.25, -0.2) is 17.8 Å². The lowest BCUT2D eigenvalue weighted by molar-refractivity contribution is -0.118. The van der Waals surface area contributed by atoms with Crippen LogP contribution in [0.5, 0.6) is 0 Å². The number of rotatable bonds is 5. The highest BCUT2D eigenvalue weighted by Gasteiger charge is 2.19. The van der Waals surface area contributed by atoms with Crippen LogP contribution in [0.25, 0.3) is 10.2 Å². The normalized spacial score (nSPS) is 11.4. The van der Waals surface area contributed by atoms with E-state index in [1.165, 1.54) is 30.3 Å². The van der Waals surface area contributed by atoms with Gasteiger partial charge in [-0.1, -0.05) is 29.5 Å². The molecule has 0 saturated carbocycles. The van der Waals surface area contributed by atoms with Crippen LogP contribution in [0, 0.1) is 5.82 Å². The number of thiazole rings is 1. The minimum atomic E-state index is -3.71. The third-order valence-corrected chi connectivity index (χ3v) is 5.65. The highest BCUT2D eigenvalue weighted by Crippen LogP contribution is 2.25. The zero-order valence-corrected chi connectivity index (χ0v) is 13.8. The lowest BCUT2D eigenvalue weighted by Crippen LogP contribution is -2.34. The van der Waals surface area contributed by atoms with Crippen molar-refractivity contribution in [2.45, 2.75) is 4.90 Å². The standard InChI is InChI=1S/C15H12FN3O3S2/c16-10-6-7-12-13(8-10)23-15(17-12)19-18-14(20)9-24(21,22)11-4-2-1-3-5-11/h1-8H,9H2,(H,17,19)(H,18,20). The number of hydrogen-bond acceptors (Lipinski definition) is 6. The summed E-state index contributed by atoms with van der Waals surface area (Å²) in [7, 11) is -3.71. The second-order valence-electron chi connectivity index (χ2n) is 4.88. The molecule has 6 nitrogen and oxygen atoms in total. The number of carbonyl (C=O) groups is 1. The van der Waals surface area contributed by atoms with Gasteiger partial charge in [0.05, 0.1) is 15.1 Å². The first-order valence-corrected chi connectivity index (χ1v) is 9.30. The number of nitrogens with zero attached hydrogens (tertiary/aromatic N) is 1. The van der Waals surface area contributed by atoms with Crippen LogP contribution in [0.4, 0.5) is 9.52 Å². The second-order valence-corrected chi connectivity index (χ2v) is 7.90. The molecule has 3 aromatic rings. The number of halogens is 1. The molecule has 0 saturated heterocycles. The number of aromatic nitrogens is 1. The van der Waals surface area contributed by atoms with Gasteiger partial charge in [0.2, 0.25) is 5.13 Å². The van der Waals surface area contributed by atoms with Crippen molar-refractivity contribution in [1.29, 1.82) is 0 Å². The van der Waals surface area contributed by atoms with Gasteiger partial charge in [0.15, 0.2) is 9.84 Å². The van der Waals surface area contributed by atoms with Crippen LogP contribution in [-0.4, -0.2) is 25.1 Å². The van der Waals surface area contributed by atoms with Gasteiger partial charge < -0.3 is 0 Å². The zero-order chi connectivity index (χ0) is 17.2. The third-order valence-electron chi connectivity index (χ3n) is 3.08. The zero-order valence-electron chi connectivity index (χ0n) is 12.2. The molecule has 0 spiro atoms. The van der Waals surface area contributed by atoms with Crippen LogP contribution in [0.3, 0.4) is 0 Å². The Kier molecular flexibility index (Phi) is 4.45. The van der Waals surface area contributed by atoms with E-state index in [2.05, 4.69) is 15.8 Å². The fraction of sp³-hybridized carbons (Fsp3) is 0.0667. The molecule has 1 amide bonds. The summed E-state index contributed by atoms with van der Waals surface area (Å²) in [4.78, 5) is 16.1. The van der Waals surface area contributed by atoms with Crippen LogP contribution in [-0.2, 0) is 14.6 Å². The lowest BCUT2D eigenvalue weighted by Gasteiger charge is -2.06. The molecular formula is C15H12FN3O3S2. The molecule has 0 fully saturated rings. The Balaban J connectivity index is 1.64. The molecule has 0 bridgehead atoms. The summed E-state index contributed by atoms with van der Waals surface area (Å²) in [5, 5.41) is 0.334. The fourth-order valence-electron chi connectivity index (χ4n) is 1.99. The Morgan fingerprint density at radius 1 is 1.17 bits per heavy atom. The number of sulfone groups is 1. The van der Waals surface area contributed by atoms with Crippen molar-refractivity contribution >= 4 is 42.4 Å². The average molecular weight is 365 g/mol. The average Bonchev–Trinajstić information content (AvgIpc) is 2.95. The Labute approximate surface area is 141 Å². The molecule has 1 heterocycles. The Bertz CT molecular complexity index is 988. The van der Waals surface area contributed by atoms with Crippen LogP contribution in [0.2, 0.25) is 0 Å². The van der Waals surface area contributed by atoms with Crippen molar-refractivity contribution in [3.63, 3.8) is 0 Å². The molecule has 9 heteroatoms. The Morgan fingerprint density at radius 3 is 2.67 bits per heavy atom. The molecule has 1 aromatic heterocycles. The summed E-state index contributed by atoms with van der Waals surface area (Å²) in [5.41, 5.74) is 5.41. The summed E-state index contributed by atoms with van der Waals surface area (Å²) in [6.07, 6.45) is 0. The topological polar surface area (TPSA) is 88.2 Å². The third kappa shape index (κ3) is 3.69. The van der Waals surface area contributed by atoms with Crippen LogP contribution < -0.4 is 10.9 Å². The summed E-state index contributed by atoms with van der Waals surface area (Å²) in [6.45, 7) is 0. The SMILES string of the molecule is O=C(CS(=O)(=O)c1ccccc1)NNc1nc2ccc(F)cc2s1. The molecule has 0 radical (unpaired) electrons. The van der Waals surface area contributed by atoms with Gasteiger partial charge in [-0.3, -0.25) is 15.6 Å². The van der Waals surface area contributed by atoms with E-state index in [-0.39, 0.29) is 10.7 Å². The van der Waals surface area contributed by atoms with Gasteiger partial charge in [0.25, 0.3) is 5.91 Å². The molecule has 0 atom stereocenters. The fourth-order valence-corrected chi connectivity index (χ4v) is 3.99. The van der Waals surface area contributed by atoms with Crippen molar-refractivity contribution in [2.24, 2.45) is 0 Å². The van der Waals surface area contributed by atoms with Crippen LogP contribution in [0.1, 0.15) is 0 Å². The molecule has 3 rings (SSSR count). The van der Waals surface area contributed by atoms with Gasteiger partial charge in [0, 0.05) is 0 Å². The van der Waals surface area contributed by atoms with E-state index in [4.69, 9.17) is 0 Å². The van der Waals surface area contributed by atoms with E-state index >= 15 is 0 Å². The number of benzene rings is 2. The molecule has 0 aliphatic rings. The second kappa shape index (κ2) is 6.54. The summed E-state index contributed by atoms with van der Waals surface area (Å²) in [6, 6.07) is 11.9. The highest BCUT2D eigenvalue weighted by molar-refractivity contribution is 7.92. The number of amides is 1. The Hall–Kier alpha value is -2.52. The van der Waals surface area contributed by atoms with Crippen molar-refractivity contribution in [3.8, 4) is 0 Å². The van der Waals surface area contributed by atoms with Crippen molar-refractivity contribution in [1.82, 2.24) is 10.4 Å². The maximum atomic E-state index is 13.1.